The summed E-state index contributed by atoms with van der Waals surface area (Å²) in [6.45, 7) is 0.226. The number of aldehydes is 1. The van der Waals surface area contributed by atoms with Crippen LogP contribution in [-0.4, -0.2) is 18.1 Å². The van der Waals surface area contributed by atoms with Crippen molar-refractivity contribution in [2.75, 3.05) is 0 Å². The van der Waals surface area contributed by atoms with E-state index in [1.54, 1.807) is 24.3 Å². The molecule has 0 amide bonds. The van der Waals surface area contributed by atoms with Crippen LogP contribution in [0.25, 0.3) is 0 Å². The van der Waals surface area contributed by atoms with E-state index < -0.39 is 0 Å². The molecule has 0 unspecified atom stereocenters. The summed E-state index contributed by atoms with van der Waals surface area (Å²) >= 11 is 0. The third-order valence-corrected chi connectivity index (χ3v) is 1.68. The summed E-state index contributed by atoms with van der Waals surface area (Å²) in [4.78, 5) is 23.6. The van der Waals surface area contributed by atoms with Gasteiger partial charge in [-0.25, -0.2) is 9.79 Å². The van der Waals surface area contributed by atoms with Crippen LogP contribution >= 0.6 is 0 Å². The Labute approximate surface area is 80.8 Å². The summed E-state index contributed by atoms with van der Waals surface area (Å²) in [6.07, 6.45) is 1.90. The molecular weight excluding hydrogens is 180 g/mol. The molecule has 0 radical (unpaired) electrons. The molecule has 0 aliphatic carbocycles. The van der Waals surface area contributed by atoms with E-state index in [-0.39, 0.29) is 12.3 Å². The third kappa shape index (κ3) is 2.47. The quantitative estimate of drug-likeness (QED) is 0.436. The number of nitrogens with zero attached hydrogens (tertiary/aromatic N) is 1. The third-order valence-electron chi connectivity index (χ3n) is 1.68. The number of isocyanates is 1. The molecule has 0 aliphatic heterocycles. The second-order valence-corrected chi connectivity index (χ2v) is 2.64. The van der Waals surface area contributed by atoms with Gasteiger partial charge in [0.15, 0.2) is 6.29 Å². The van der Waals surface area contributed by atoms with E-state index in [0.717, 1.165) is 5.56 Å². The molecule has 1 rings (SSSR count). The maximum absolute atomic E-state index is 10.3. The first-order valence-corrected chi connectivity index (χ1v) is 3.94. The van der Waals surface area contributed by atoms with Gasteiger partial charge in [-0.2, -0.15) is 0 Å². The minimum atomic E-state index is -0.0815. The predicted octanol–water partition coefficient (Wildman–Crippen LogP) is 1.09. The Morgan fingerprint density at radius 3 is 3.00 bits per heavy atom. The molecule has 14 heavy (non-hydrogen) atoms. The maximum atomic E-state index is 10.3. The summed E-state index contributed by atoms with van der Waals surface area (Å²) in [6, 6.07) is 6.79. The van der Waals surface area contributed by atoms with Crippen molar-refractivity contribution in [2.45, 2.75) is 6.54 Å². The van der Waals surface area contributed by atoms with Crippen molar-refractivity contribution in [1.82, 2.24) is 0 Å². The number of carbonyl (C=O) groups excluding carboxylic acids is 2. The molecule has 70 valence electrons. The van der Waals surface area contributed by atoms with E-state index in [0.29, 0.717) is 11.8 Å². The van der Waals surface area contributed by atoms with Gasteiger partial charge in [-0.3, -0.25) is 10.2 Å². The molecule has 0 saturated heterocycles. The molecular formula is C10H8N2O2. The molecule has 1 aromatic carbocycles. The summed E-state index contributed by atoms with van der Waals surface area (Å²) < 4.78 is 0. The van der Waals surface area contributed by atoms with Crippen molar-refractivity contribution in [3.63, 3.8) is 0 Å². The van der Waals surface area contributed by atoms with Crippen LogP contribution in [0.5, 0.6) is 0 Å². The highest BCUT2D eigenvalue weighted by molar-refractivity contribution is 6.34. The predicted molar refractivity (Wildman–Crippen MR) is 51.2 cm³/mol. The Hall–Kier alpha value is -2.06. The lowest BCUT2D eigenvalue weighted by molar-refractivity contribution is -0.102. The van der Waals surface area contributed by atoms with Crippen LogP contribution in [0, 0.1) is 5.41 Å². The Bertz CT molecular complexity index is 406. The van der Waals surface area contributed by atoms with E-state index in [4.69, 9.17) is 5.41 Å². The van der Waals surface area contributed by atoms with Gasteiger partial charge >= 0.3 is 0 Å². The molecule has 0 saturated carbocycles. The number of aliphatic imine (C=N–C) groups is 1. The zero-order chi connectivity index (χ0) is 10.4. The molecule has 0 atom stereocenters. The van der Waals surface area contributed by atoms with Gasteiger partial charge in [0.1, 0.15) is 5.71 Å². The van der Waals surface area contributed by atoms with Gasteiger partial charge in [-0.05, 0) is 11.6 Å². The topological polar surface area (TPSA) is 70.3 Å². The Kier molecular flexibility index (Phi) is 3.47. The number of benzene rings is 1. The normalized spacial score (nSPS) is 8.86. The fourth-order valence-electron chi connectivity index (χ4n) is 1.03. The van der Waals surface area contributed by atoms with Crippen molar-refractivity contribution < 1.29 is 9.59 Å². The van der Waals surface area contributed by atoms with Crippen molar-refractivity contribution in [3.8, 4) is 0 Å². The molecule has 4 heteroatoms. The second kappa shape index (κ2) is 4.84. The zero-order valence-electron chi connectivity index (χ0n) is 7.36. The first-order valence-electron chi connectivity index (χ1n) is 3.94. The van der Waals surface area contributed by atoms with Crippen LogP contribution in [0.3, 0.4) is 0 Å². The van der Waals surface area contributed by atoms with E-state index in [2.05, 4.69) is 4.99 Å². The summed E-state index contributed by atoms with van der Waals surface area (Å²) in [5.74, 6) is 0. The van der Waals surface area contributed by atoms with Crippen LogP contribution in [-0.2, 0) is 16.1 Å². The van der Waals surface area contributed by atoms with Crippen molar-refractivity contribution in [1.29, 1.82) is 5.41 Å². The van der Waals surface area contributed by atoms with Gasteiger partial charge in [0.2, 0.25) is 6.08 Å². The molecule has 0 aromatic heterocycles. The molecule has 0 fully saturated rings. The maximum Gasteiger partial charge on any atom is 0.235 e. The fourth-order valence-corrected chi connectivity index (χ4v) is 1.03. The van der Waals surface area contributed by atoms with Gasteiger partial charge in [0.25, 0.3) is 0 Å². The average molecular weight is 188 g/mol. The standard InChI is InChI=1S/C10H8N2O2/c11-10(6-13)9-3-1-2-8(4-9)5-12-7-14/h1-4,6,11H,5H2. The minimum Gasteiger partial charge on any atom is -0.297 e. The molecule has 1 N–H and O–H groups in total. The highest BCUT2D eigenvalue weighted by atomic mass is 16.1. The Morgan fingerprint density at radius 2 is 2.36 bits per heavy atom. The molecule has 0 heterocycles. The van der Waals surface area contributed by atoms with Crippen LogP contribution < -0.4 is 0 Å². The van der Waals surface area contributed by atoms with Crippen LogP contribution in [0.15, 0.2) is 29.3 Å². The monoisotopic (exact) mass is 188 g/mol. The first kappa shape index (κ1) is 10.0. The number of nitrogens with one attached hydrogen (secondary N) is 1. The lowest BCUT2D eigenvalue weighted by atomic mass is 10.1. The lowest BCUT2D eigenvalue weighted by Gasteiger charge is -1.99. The van der Waals surface area contributed by atoms with Gasteiger partial charge in [-0.15, -0.1) is 0 Å². The molecule has 0 aliphatic rings. The lowest BCUT2D eigenvalue weighted by Crippen LogP contribution is -2.00. The van der Waals surface area contributed by atoms with E-state index in [1.165, 1.54) is 6.08 Å². The van der Waals surface area contributed by atoms with E-state index in [9.17, 15) is 9.59 Å². The van der Waals surface area contributed by atoms with Crippen molar-refractivity contribution >= 4 is 18.1 Å². The Balaban J connectivity index is 2.94. The first-order chi connectivity index (χ1) is 6.77. The summed E-state index contributed by atoms with van der Waals surface area (Å²) in [5.41, 5.74) is 1.22. The molecule has 4 nitrogen and oxygen atoms in total. The Morgan fingerprint density at radius 1 is 1.57 bits per heavy atom. The van der Waals surface area contributed by atoms with E-state index in [1.807, 2.05) is 0 Å². The molecule has 1 aromatic rings. The highest BCUT2D eigenvalue weighted by Gasteiger charge is 1.99. The summed E-state index contributed by atoms with van der Waals surface area (Å²) in [5, 5.41) is 7.28. The smallest absolute Gasteiger partial charge is 0.235 e. The van der Waals surface area contributed by atoms with Gasteiger partial charge in [0, 0.05) is 5.56 Å². The number of hydrogen-bond donors (Lipinski definition) is 1. The summed E-state index contributed by atoms with van der Waals surface area (Å²) in [7, 11) is 0. The highest BCUT2D eigenvalue weighted by Crippen LogP contribution is 2.06. The fraction of sp³-hybridized carbons (Fsp3) is 0.100. The van der Waals surface area contributed by atoms with Gasteiger partial charge in [-0.1, -0.05) is 18.2 Å². The minimum absolute atomic E-state index is 0.0815. The van der Waals surface area contributed by atoms with E-state index >= 15 is 0 Å². The van der Waals surface area contributed by atoms with Crippen LogP contribution in [0.4, 0.5) is 0 Å². The molecule has 0 bridgehead atoms. The number of carbonyl (C=O) groups is 1. The average Bonchev–Trinajstić information content (AvgIpc) is 2.25. The van der Waals surface area contributed by atoms with Crippen molar-refractivity contribution in [3.05, 3.63) is 35.4 Å². The van der Waals surface area contributed by atoms with Crippen LogP contribution in [0.2, 0.25) is 0 Å². The van der Waals surface area contributed by atoms with Gasteiger partial charge in [0.05, 0.1) is 6.54 Å². The number of rotatable bonds is 4. The van der Waals surface area contributed by atoms with Crippen molar-refractivity contribution in [2.24, 2.45) is 4.99 Å². The second-order valence-electron chi connectivity index (χ2n) is 2.64. The zero-order valence-corrected chi connectivity index (χ0v) is 7.36. The van der Waals surface area contributed by atoms with Crippen LogP contribution in [0.1, 0.15) is 11.1 Å². The molecule has 0 spiro atoms. The number of hydrogen-bond acceptors (Lipinski definition) is 4. The van der Waals surface area contributed by atoms with Gasteiger partial charge < -0.3 is 0 Å². The SMILES string of the molecule is N=C(C=O)c1cccc(CN=C=O)c1. The largest absolute Gasteiger partial charge is 0.297 e.